The molecule has 1 fully saturated rings. The van der Waals surface area contributed by atoms with Crippen LogP contribution >= 0.6 is 0 Å². The van der Waals surface area contributed by atoms with Crippen LogP contribution in [-0.4, -0.2) is 49.1 Å². The Morgan fingerprint density at radius 3 is 2.42 bits per heavy atom. The summed E-state index contributed by atoms with van der Waals surface area (Å²) in [4.78, 5) is 26.8. The van der Waals surface area contributed by atoms with E-state index in [1.54, 1.807) is 0 Å². The first-order valence-electron chi connectivity index (χ1n) is 7.62. The zero-order valence-corrected chi connectivity index (χ0v) is 13.6. The number of hydrogen-bond acceptors (Lipinski definition) is 4. The smallest absolute Gasteiger partial charge is 0.456 e. The highest BCUT2D eigenvalue weighted by atomic mass is 19.4. The average molecular weight is 381 g/mol. The molecular weight excluding hydrogens is 365 g/mol. The lowest BCUT2D eigenvalue weighted by Crippen LogP contribution is -2.42. The number of aromatic nitrogens is 1. The number of nitrogens with one attached hydrogen (secondary N) is 2. The van der Waals surface area contributed by atoms with Gasteiger partial charge < -0.3 is 15.4 Å². The summed E-state index contributed by atoms with van der Waals surface area (Å²) in [6, 6.07) is 2.70. The molecule has 0 atom stereocenters. The van der Waals surface area contributed by atoms with Crippen LogP contribution in [0.5, 0.6) is 5.88 Å². The zero-order chi connectivity index (χ0) is 19.5. The maximum atomic E-state index is 13.1. The van der Waals surface area contributed by atoms with E-state index in [1.165, 1.54) is 19.2 Å². The summed E-state index contributed by atoms with van der Waals surface area (Å²) in [6.07, 6.45) is -4.32. The summed E-state index contributed by atoms with van der Waals surface area (Å²) in [6.45, 7) is -2.28. The second-order valence-corrected chi connectivity index (χ2v) is 5.71. The molecule has 6 nitrogen and oxygen atoms in total. The number of carbonyl (C=O) groups is 2. The van der Waals surface area contributed by atoms with Gasteiger partial charge in [-0.25, -0.2) is 4.98 Å². The second kappa shape index (κ2) is 7.42. The standard InChI is InChI=1S/C15H16F5N3O3/c1-21-11(24)6-22-12(25)10-5-4-9(8-2-3-8)13(23-10)26-7-14(16,17)15(18,19)20/h4-5,8H,2-3,6-7H2,1H3,(H,21,24)(H,22,25). The van der Waals surface area contributed by atoms with E-state index >= 15 is 0 Å². The van der Waals surface area contributed by atoms with Crippen molar-refractivity contribution in [2.24, 2.45) is 0 Å². The van der Waals surface area contributed by atoms with E-state index in [-0.39, 0.29) is 18.2 Å². The molecule has 0 bridgehead atoms. The maximum absolute atomic E-state index is 13.1. The molecule has 1 saturated carbocycles. The molecule has 2 amide bonds. The monoisotopic (exact) mass is 381 g/mol. The van der Waals surface area contributed by atoms with E-state index in [2.05, 4.69) is 20.4 Å². The molecule has 1 aromatic rings. The quantitative estimate of drug-likeness (QED) is 0.709. The summed E-state index contributed by atoms with van der Waals surface area (Å²) < 4.78 is 67.6. The van der Waals surface area contributed by atoms with Crippen LogP contribution in [0, 0.1) is 0 Å². The van der Waals surface area contributed by atoms with E-state index in [9.17, 15) is 31.5 Å². The molecule has 0 aliphatic heterocycles. The van der Waals surface area contributed by atoms with Crippen molar-refractivity contribution in [2.45, 2.75) is 30.9 Å². The van der Waals surface area contributed by atoms with Crippen molar-refractivity contribution in [1.82, 2.24) is 15.6 Å². The minimum atomic E-state index is -5.75. The van der Waals surface area contributed by atoms with Gasteiger partial charge in [0.2, 0.25) is 11.8 Å². The number of ether oxygens (including phenoxy) is 1. The molecule has 0 saturated heterocycles. The van der Waals surface area contributed by atoms with Crippen LogP contribution in [0.3, 0.4) is 0 Å². The molecule has 0 aromatic carbocycles. The van der Waals surface area contributed by atoms with Gasteiger partial charge in [-0.05, 0) is 24.8 Å². The summed E-state index contributed by atoms with van der Waals surface area (Å²) in [5.41, 5.74) is 0.106. The van der Waals surface area contributed by atoms with Gasteiger partial charge in [-0.2, -0.15) is 22.0 Å². The van der Waals surface area contributed by atoms with Gasteiger partial charge in [0.05, 0.1) is 6.54 Å². The Morgan fingerprint density at radius 1 is 1.23 bits per heavy atom. The fourth-order valence-corrected chi connectivity index (χ4v) is 1.98. The first-order chi connectivity index (χ1) is 12.0. The van der Waals surface area contributed by atoms with Gasteiger partial charge >= 0.3 is 12.1 Å². The molecule has 11 heteroatoms. The van der Waals surface area contributed by atoms with Crippen LogP contribution in [-0.2, 0) is 4.79 Å². The molecule has 1 aliphatic rings. The molecule has 0 spiro atoms. The molecule has 1 aromatic heterocycles. The van der Waals surface area contributed by atoms with E-state index in [4.69, 9.17) is 0 Å². The fraction of sp³-hybridized carbons (Fsp3) is 0.533. The zero-order valence-electron chi connectivity index (χ0n) is 13.6. The van der Waals surface area contributed by atoms with Gasteiger partial charge in [0.25, 0.3) is 5.91 Å². The van der Waals surface area contributed by atoms with E-state index < -0.39 is 36.4 Å². The highest BCUT2D eigenvalue weighted by Gasteiger charge is 2.58. The van der Waals surface area contributed by atoms with Crippen LogP contribution in [0.25, 0.3) is 0 Å². The predicted octanol–water partition coefficient (Wildman–Crippen LogP) is 2.01. The normalized spacial score (nSPS) is 14.7. The molecule has 2 N–H and O–H groups in total. The third-order valence-electron chi connectivity index (χ3n) is 3.63. The van der Waals surface area contributed by atoms with Gasteiger partial charge in [-0.3, -0.25) is 9.59 Å². The molecule has 26 heavy (non-hydrogen) atoms. The summed E-state index contributed by atoms with van der Waals surface area (Å²) >= 11 is 0. The Kier molecular flexibility index (Phi) is 5.67. The van der Waals surface area contributed by atoms with Gasteiger partial charge in [0.1, 0.15) is 5.69 Å². The van der Waals surface area contributed by atoms with Gasteiger partial charge in [0.15, 0.2) is 6.61 Å². The van der Waals surface area contributed by atoms with Crippen LogP contribution in [0.15, 0.2) is 12.1 Å². The number of carbonyl (C=O) groups excluding carboxylic acids is 2. The first kappa shape index (κ1) is 19.9. The number of alkyl halides is 5. The van der Waals surface area contributed by atoms with Crippen LogP contribution in [0.2, 0.25) is 0 Å². The van der Waals surface area contributed by atoms with Crippen molar-refractivity contribution < 1.29 is 36.3 Å². The number of pyridine rings is 1. The van der Waals surface area contributed by atoms with E-state index in [1.807, 2.05) is 0 Å². The minimum Gasteiger partial charge on any atom is -0.471 e. The number of likely N-dealkylation sites (N-methyl/N-ethyl adjacent to an activating group) is 1. The number of amides is 2. The van der Waals surface area contributed by atoms with E-state index in [0.717, 1.165) is 12.8 Å². The lowest BCUT2D eigenvalue weighted by molar-refractivity contribution is -0.290. The molecule has 1 heterocycles. The Morgan fingerprint density at radius 2 is 1.88 bits per heavy atom. The summed E-state index contributed by atoms with van der Waals surface area (Å²) in [5, 5.41) is 4.52. The number of halogens is 5. The number of hydrogen-bond donors (Lipinski definition) is 2. The predicted molar refractivity (Wildman–Crippen MR) is 79.1 cm³/mol. The van der Waals surface area contributed by atoms with Crippen molar-refractivity contribution in [2.75, 3.05) is 20.2 Å². The van der Waals surface area contributed by atoms with Crippen molar-refractivity contribution in [3.63, 3.8) is 0 Å². The molecule has 144 valence electrons. The molecule has 1 aliphatic carbocycles. The number of nitrogens with zero attached hydrogens (tertiary/aromatic N) is 1. The Hall–Kier alpha value is -2.46. The largest absolute Gasteiger partial charge is 0.471 e. The molecular formula is C15H16F5N3O3. The van der Waals surface area contributed by atoms with Crippen molar-refractivity contribution in [3.8, 4) is 5.88 Å². The third kappa shape index (κ3) is 4.79. The average Bonchev–Trinajstić information content (AvgIpc) is 3.41. The Bertz CT molecular complexity index is 690. The lowest BCUT2D eigenvalue weighted by atomic mass is 10.1. The first-order valence-corrected chi connectivity index (χ1v) is 7.62. The molecule has 0 radical (unpaired) electrons. The molecule has 2 rings (SSSR count). The SMILES string of the molecule is CNC(=O)CNC(=O)c1ccc(C2CC2)c(OCC(F)(F)C(F)(F)F)n1. The van der Waals surface area contributed by atoms with E-state index in [0.29, 0.717) is 5.56 Å². The number of rotatable bonds is 7. The lowest BCUT2D eigenvalue weighted by Gasteiger charge is -2.20. The highest BCUT2D eigenvalue weighted by Crippen LogP contribution is 2.44. The van der Waals surface area contributed by atoms with Crippen molar-refractivity contribution in [1.29, 1.82) is 0 Å². The summed E-state index contributed by atoms with van der Waals surface area (Å²) in [7, 11) is 1.37. The van der Waals surface area contributed by atoms with Gasteiger partial charge in [-0.1, -0.05) is 6.07 Å². The van der Waals surface area contributed by atoms with Crippen LogP contribution < -0.4 is 15.4 Å². The fourth-order valence-electron chi connectivity index (χ4n) is 1.98. The minimum absolute atomic E-state index is 0.0556. The highest BCUT2D eigenvalue weighted by molar-refractivity contribution is 5.95. The maximum Gasteiger partial charge on any atom is 0.456 e. The third-order valence-corrected chi connectivity index (χ3v) is 3.63. The topological polar surface area (TPSA) is 80.3 Å². The summed E-state index contributed by atoms with van der Waals surface area (Å²) in [5.74, 6) is -6.81. The van der Waals surface area contributed by atoms with Gasteiger partial charge in [-0.15, -0.1) is 0 Å². The van der Waals surface area contributed by atoms with Gasteiger partial charge in [0, 0.05) is 12.6 Å². The molecule has 0 unspecified atom stereocenters. The Labute approximate surface area is 145 Å². The van der Waals surface area contributed by atoms with Crippen LogP contribution in [0.1, 0.15) is 34.8 Å². The van der Waals surface area contributed by atoms with Crippen LogP contribution in [0.4, 0.5) is 22.0 Å². The van der Waals surface area contributed by atoms with Crippen molar-refractivity contribution in [3.05, 3.63) is 23.4 Å². The van der Waals surface area contributed by atoms with Crippen molar-refractivity contribution >= 4 is 11.8 Å². The Balaban J connectivity index is 2.15. The second-order valence-electron chi connectivity index (χ2n) is 5.71.